The van der Waals surface area contributed by atoms with Crippen molar-refractivity contribution in [1.82, 2.24) is 5.32 Å². The van der Waals surface area contributed by atoms with Crippen molar-refractivity contribution in [3.63, 3.8) is 0 Å². The third-order valence-electron chi connectivity index (χ3n) is 6.66. The molecule has 0 aliphatic heterocycles. The Morgan fingerprint density at radius 1 is 1.16 bits per heavy atom. The van der Waals surface area contributed by atoms with Crippen molar-refractivity contribution < 1.29 is 9.18 Å². The van der Waals surface area contributed by atoms with E-state index in [4.69, 9.17) is 0 Å². The van der Waals surface area contributed by atoms with Gasteiger partial charge in [-0.05, 0) is 82.3 Å². The number of anilines is 1. The summed E-state index contributed by atoms with van der Waals surface area (Å²) in [5.74, 6) is 1.18. The van der Waals surface area contributed by atoms with Gasteiger partial charge in [0.05, 0.1) is 0 Å². The molecule has 0 aromatic heterocycles. The van der Waals surface area contributed by atoms with Gasteiger partial charge in [0.1, 0.15) is 11.2 Å². The van der Waals surface area contributed by atoms with Crippen molar-refractivity contribution in [2.24, 2.45) is 17.8 Å². The lowest BCUT2D eigenvalue weighted by Crippen LogP contribution is -2.63. The minimum Gasteiger partial charge on any atom is -0.371 e. The molecular formula is C21H29FN2O. The molecule has 5 atom stereocenters. The molecule has 0 heterocycles. The topological polar surface area (TPSA) is 41.1 Å². The van der Waals surface area contributed by atoms with Crippen LogP contribution in [-0.4, -0.2) is 23.2 Å². The molecule has 4 fully saturated rings. The lowest BCUT2D eigenvalue weighted by molar-refractivity contribution is -0.133. The average Bonchev–Trinajstić information content (AvgIpc) is 2.51. The van der Waals surface area contributed by atoms with E-state index in [1.54, 1.807) is 0 Å². The second kappa shape index (κ2) is 5.72. The number of amides is 1. The van der Waals surface area contributed by atoms with Crippen LogP contribution in [0.25, 0.3) is 0 Å². The number of carbonyl (C=O) groups is 1. The first-order valence-electron chi connectivity index (χ1n) is 9.59. The standard InChI is InChI=1S/C21H29FN2O/c1-13-6-4-5-7-17(13)24-20(2,3)19(25)23-18-15-8-14-9-16(18)12-21(22,10-14)11-15/h4-7,14-16,18,24H,8-12H2,1-3H3,(H,23,25)/t14?,15-,16+,18+,21+. The highest BCUT2D eigenvalue weighted by Gasteiger charge is 2.56. The molecule has 1 amide bonds. The summed E-state index contributed by atoms with van der Waals surface area (Å²) in [6, 6.07) is 8.15. The fourth-order valence-corrected chi connectivity index (χ4v) is 5.60. The van der Waals surface area contributed by atoms with E-state index in [9.17, 15) is 9.18 Å². The monoisotopic (exact) mass is 344 g/mol. The summed E-state index contributed by atoms with van der Waals surface area (Å²) < 4.78 is 14.8. The number of halogens is 1. The molecular weight excluding hydrogens is 315 g/mol. The number of alkyl halides is 1. The van der Waals surface area contributed by atoms with Crippen molar-refractivity contribution in [3.8, 4) is 0 Å². The van der Waals surface area contributed by atoms with Crippen LogP contribution in [0.3, 0.4) is 0 Å². The second-order valence-electron chi connectivity index (χ2n) is 9.19. The number of aryl methyl sites for hydroxylation is 1. The third kappa shape index (κ3) is 3.04. The maximum atomic E-state index is 14.8. The van der Waals surface area contributed by atoms with Gasteiger partial charge >= 0.3 is 0 Å². The van der Waals surface area contributed by atoms with Crippen molar-refractivity contribution in [2.75, 3.05) is 5.32 Å². The number of carbonyl (C=O) groups excluding carboxylic acids is 1. The van der Waals surface area contributed by atoms with Gasteiger partial charge < -0.3 is 10.6 Å². The van der Waals surface area contributed by atoms with E-state index in [1.807, 2.05) is 45.0 Å². The molecule has 4 bridgehead atoms. The van der Waals surface area contributed by atoms with Crippen LogP contribution in [0.2, 0.25) is 0 Å². The van der Waals surface area contributed by atoms with Gasteiger partial charge in [-0.15, -0.1) is 0 Å². The van der Waals surface area contributed by atoms with E-state index in [0.29, 0.717) is 30.6 Å². The molecule has 25 heavy (non-hydrogen) atoms. The number of para-hydroxylation sites is 1. The fourth-order valence-electron chi connectivity index (χ4n) is 5.60. The molecule has 4 saturated carbocycles. The minimum absolute atomic E-state index is 0.0149. The summed E-state index contributed by atoms with van der Waals surface area (Å²) in [6.45, 7) is 5.87. The highest BCUT2D eigenvalue weighted by molar-refractivity contribution is 5.89. The largest absolute Gasteiger partial charge is 0.371 e. The Kier molecular flexibility index (Phi) is 3.86. The maximum absolute atomic E-state index is 14.8. The molecule has 4 aliphatic carbocycles. The first kappa shape index (κ1) is 16.9. The molecule has 0 radical (unpaired) electrons. The van der Waals surface area contributed by atoms with Gasteiger partial charge in [0.15, 0.2) is 0 Å². The Balaban J connectivity index is 1.46. The van der Waals surface area contributed by atoms with Crippen molar-refractivity contribution in [2.45, 2.75) is 70.1 Å². The Morgan fingerprint density at radius 3 is 2.40 bits per heavy atom. The van der Waals surface area contributed by atoms with Crippen LogP contribution in [0.5, 0.6) is 0 Å². The summed E-state index contributed by atoms with van der Waals surface area (Å²) in [6.07, 6.45) is 4.19. The van der Waals surface area contributed by atoms with E-state index >= 15 is 0 Å². The number of hydrogen-bond donors (Lipinski definition) is 2. The molecule has 2 N–H and O–H groups in total. The van der Waals surface area contributed by atoms with Crippen molar-refractivity contribution in [1.29, 1.82) is 0 Å². The van der Waals surface area contributed by atoms with Crippen LogP contribution in [0.4, 0.5) is 10.1 Å². The van der Waals surface area contributed by atoms with E-state index in [0.717, 1.165) is 30.5 Å². The lowest BCUT2D eigenvalue weighted by atomic mass is 9.53. The van der Waals surface area contributed by atoms with Crippen LogP contribution in [-0.2, 0) is 4.79 Å². The molecule has 4 aliphatic rings. The summed E-state index contributed by atoms with van der Waals surface area (Å²) in [5.41, 5.74) is 0.452. The summed E-state index contributed by atoms with van der Waals surface area (Å²) in [7, 11) is 0. The summed E-state index contributed by atoms with van der Waals surface area (Å²) >= 11 is 0. The Labute approximate surface area is 149 Å². The van der Waals surface area contributed by atoms with Gasteiger partial charge in [0.25, 0.3) is 0 Å². The van der Waals surface area contributed by atoms with Crippen LogP contribution in [0.15, 0.2) is 24.3 Å². The zero-order valence-corrected chi connectivity index (χ0v) is 15.4. The quantitative estimate of drug-likeness (QED) is 0.859. The van der Waals surface area contributed by atoms with Crippen LogP contribution >= 0.6 is 0 Å². The van der Waals surface area contributed by atoms with E-state index in [-0.39, 0.29) is 11.9 Å². The molecule has 0 saturated heterocycles. The Bertz CT molecular complexity index is 670. The average molecular weight is 344 g/mol. The fraction of sp³-hybridized carbons (Fsp3) is 0.667. The minimum atomic E-state index is -0.952. The van der Waals surface area contributed by atoms with Gasteiger partial charge in [-0.2, -0.15) is 0 Å². The predicted molar refractivity (Wildman–Crippen MR) is 98.2 cm³/mol. The van der Waals surface area contributed by atoms with Crippen molar-refractivity contribution in [3.05, 3.63) is 29.8 Å². The van der Waals surface area contributed by atoms with Gasteiger partial charge in [0.2, 0.25) is 5.91 Å². The zero-order chi connectivity index (χ0) is 17.8. The van der Waals surface area contributed by atoms with Crippen LogP contribution in [0, 0.1) is 24.7 Å². The molecule has 3 nitrogen and oxygen atoms in total. The van der Waals surface area contributed by atoms with E-state index in [1.165, 1.54) is 0 Å². The number of rotatable bonds is 4. The highest BCUT2D eigenvalue weighted by atomic mass is 19.1. The molecule has 1 unspecified atom stereocenters. The number of hydrogen-bond acceptors (Lipinski definition) is 2. The van der Waals surface area contributed by atoms with Crippen molar-refractivity contribution >= 4 is 11.6 Å². The number of benzene rings is 1. The zero-order valence-electron chi connectivity index (χ0n) is 15.4. The normalized spacial score (nSPS) is 36.3. The SMILES string of the molecule is Cc1ccccc1NC(C)(C)C(=O)N[C@H]1[C@@H]2CC3C[C@H]1C[C@](F)(C3)C2. The summed E-state index contributed by atoms with van der Waals surface area (Å²) in [5, 5.41) is 6.67. The van der Waals surface area contributed by atoms with Gasteiger partial charge in [-0.1, -0.05) is 18.2 Å². The smallest absolute Gasteiger partial charge is 0.245 e. The third-order valence-corrected chi connectivity index (χ3v) is 6.66. The van der Waals surface area contributed by atoms with Crippen LogP contribution < -0.4 is 10.6 Å². The molecule has 136 valence electrons. The van der Waals surface area contributed by atoms with Gasteiger partial charge in [-0.3, -0.25) is 4.79 Å². The highest BCUT2D eigenvalue weighted by Crippen LogP contribution is 2.57. The van der Waals surface area contributed by atoms with Gasteiger partial charge in [-0.25, -0.2) is 4.39 Å². The van der Waals surface area contributed by atoms with Gasteiger partial charge in [0, 0.05) is 11.7 Å². The Hall–Kier alpha value is -1.58. The van der Waals surface area contributed by atoms with Crippen LogP contribution in [0.1, 0.15) is 51.5 Å². The van der Waals surface area contributed by atoms with E-state index < -0.39 is 11.2 Å². The molecule has 5 rings (SSSR count). The lowest BCUT2D eigenvalue weighted by Gasteiger charge is -2.57. The Morgan fingerprint density at radius 2 is 1.80 bits per heavy atom. The molecule has 4 heteroatoms. The molecule has 0 spiro atoms. The first-order valence-corrected chi connectivity index (χ1v) is 9.59. The predicted octanol–water partition coefficient (Wildman–Crippen LogP) is 4.22. The first-order chi connectivity index (χ1) is 11.8. The molecule has 1 aromatic carbocycles. The second-order valence-corrected chi connectivity index (χ2v) is 9.19. The summed E-state index contributed by atoms with van der Waals surface area (Å²) in [4.78, 5) is 13.0. The number of nitrogens with one attached hydrogen (secondary N) is 2. The molecule has 1 aromatic rings. The van der Waals surface area contributed by atoms with E-state index in [2.05, 4.69) is 10.6 Å². The maximum Gasteiger partial charge on any atom is 0.245 e.